The van der Waals surface area contributed by atoms with Crippen molar-refractivity contribution in [2.45, 2.75) is 10.6 Å². The fourth-order valence-corrected chi connectivity index (χ4v) is 4.95. The fourth-order valence-electron chi connectivity index (χ4n) is 2.14. The highest BCUT2D eigenvalue weighted by molar-refractivity contribution is 7.93. The van der Waals surface area contributed by atoms with E-state index >= 15 is 0 Å². The maximum atomic E-state index is 11.9. The van der Waals surface area contributed by atoms with Crippen molar-refractivity contribution in [2.24, 2.45) is 5.10 Å². The summed E-state index contributed by atoms with van der Waals surface area (Å²) in [5, 5.41) is 8.38. The van der Waals surface area contributed by atoms with Crippen LogP contribution in [0.1, 0.15) is 12.0 Å². The highest BCUT2D eigenvalue weighted by Gasteiger charge is 2.29. The summed E-state index contributed by atoms with van der Waals surface area (Å²) in [4.78, 5) is 0. The van der Waals surface area contributed by atoms with Gasteiger partial charge in [-0.05, 0) is 11.4 Å². The molecule has 0 spiro atoms. The van der Waals surface area contributed by atoms with Crippen LogP contribution in [0.4, 0.5) is 0 Å². The van der Waals surface area contributed by atoms with E-state index in [9.17, 15) is 8.42 Å². The van der Waals surface area contributed by atoms with Crippen LogP contribution in [0.25, 0.3) is 0 Å². The Kier molecular flexibility index (Phi) is 3.13. The van der Waals surface area contributed by atoms with Gasteiger partial charge in [0.1, 0.15) is 4.21 Å². The normalized spacial score (nSPS) is 25.1. The predicted molar refractivity (Wildman–Crippen MR) is 69.9 cm³/mol. The lowest BCUT2D eigenvalue weighted by Gasteiger charge is -2.26. The van der Waals surface area contributed by atoms with E-state index in [1.165, 1.54) is 11.3 Å². The van der Waals surface area contributed by atoms with E-state index < -0.39 is 9.84 Å². The Balaban J connectivity index is 1.93. The van der Waals surface area contributed by atoms with E-state index in [2.05, 4.69) is 5.10 Å². The van der Waals surface area contributed by atoms with Gasteiger partial charge in [0.25, 0.3) is 0 Å². The summed E-state index contributed by atoms with van der Waals surface area (Å²) in [5.41, 5.74) is 1.68. The molecular weight excluding hydrogens is 272 g/mol. The molecule has 0 saturated carbocycles. The minimum absolute atomic E-state index is 0.170. The molecule has 1 aromatic heterocycles. The predicted octanol–water partition coefficient (Wildman–Crippen LogP) is 0.962. The van der Waals surface area contributed by atoms with E-state index in [4.69, 9.17) is 4.74 Å². The van der Waals surface area contributed by atoms with Gasteiger partial charge in [-0.3, -0.25) is 5.01 Å². The minimum atomic E-state index is -3.08. The highest BCUT2D eigenvalue weighted by atomic mass is 32.2. The molecule has 98 valence electrons. The van der Waals surface area contributed by atoms with Crippen LogP contribution in [-0.4, -0.2) is 51.2 Å². The van der Waals surface area contributed by atoms with Gasteiger partial charge in [-0.15, -0.1) is 11.3 Å². The van der Waals surface area contributed by atoms with Gasteiger partial charge in [0.2, 0.25) is 0 Å². The molecule has 0 atom stereocenters. The van der Waals surface area contributed by atoms with Crippen molar-refractivity contribution in [1.82, 2.24) is 5.01 Å². The molecule has 2 aliphatic rings. The zero-order valence-electron chi connectivity index (χ0n) is 9.83. The molecule has 0 bridgehead atoms. The molecule has 3 heterocycles. The van der Waals surface area contributed by atoms with Crippen molar-refractivity contribution in [3.8, 4) is 0 Å². The highest BCUT2D eigenvalue weighted by Crippen LogP contribution is 2.30. The van der Waals surface area contributed by atoms with Crippen LogP contribution in [-0.2, 0) is 14.6 Å². The van der Waals surface area contributed by atoms with Crippen LogP contribution in [0.3, 0.4) is 0 Å². The zero-order chi connectivity index (χ0) is 12.6. The number of rotatable bonds is 1. The third kappa shape index (κ3) is 2.17. The number of hydrogen-bond acceptors (Lipinski definition) is 6. The Morgan fingerprint density at radius 3 is 2.89 bits per heavy atom. The summed E-state index contributed by atoms with van der Waals surface area (Å²) in [5.74, 6) is 0.170. The molecule has 3 rings (SSSR count). The Bertz CT molecular complexity index is 571. The summed E-state index contributed by atoms with van der Waals surface area (Å²) < 4.78 is 29.5. The van der Waals surface area contributed by atoms with Crippen molar-refractivity contribution >= 4 is 26.9 Å². The maximum Gasteiger partial charge on any atom is 0.188 e. The molecule has 0 aromatic carbocycles. The first-order valence-electron chi connectivity index (χ1n) is 5.87. The van der Waals surface area contributed by atoms with Crippen molar-refractivity contribution < 1.29 is 13.2 Å². The van der Waals surface area contributed by atoms with Crippen LogP contribution in [0.5, 0.6) is 0 Å². The summed E-state index contributed by atoms with van der Waals surface area (Å²) in [6.45, 7) is 2.92. The molecule has 0 unspecified atom stereocenters. The lowest BCUT2D eigenvalue weighted by atomic mass is 10.1. The SMILES string of the molecule is O=S1(=O)CC/C(=N\N2CCOCC2)c2ccsc21. The molecule has 0 aliphatic carbocycles. The lowest BCUT2D eigenvalue weighted by Crippen LogP contribution is -2.34. The van der Waals surface area contributed by atoms with Crippen molar-refractivity contribution in [1.29, 1.82) is 0 Å². The third-order valence-electron chi connectivity index (χ3n) is 3.08. The number of thiophene rings is 1. The van der Waals surface area contributed by atoms with E-state index in [0.717, 1.165) is 24.4 Å². The molecule has 18 heavy (non-hydrogen) atoms. The van der Waals surface area contributed by atoms with Crippen molar-refractivity contribution in [3.63, 3.8) is 0 Å². The average Bonchev–Trinajstić information content (AvgIpc) is 2.85. The summed E-state index contributed by atoms with van der Waals surface area (Å²) in [6.07, 6.45) is 0.503. The number of sulfone groups is 1. The molecule has 0 amide bonds. The van der Waals surface area contributed by atoms with E-state index in [0.29, 0.717) is 23.8 Å². The molecule has 1 fully saturated rings. The molecule has 2 aliphatic heterocycles. The molecule has 1 aromatic rings. The minimum Gasteiger partial charge on any atom is -0.378 e. The summed E-state index contributed by atoms with van der Waals surface area (Å²) >= 11 is 1.29. The van der Waals surface area contributed by atoms with E-state index in [1.807, 2.05) is 16.5 Å². The monoisotopic (exact) mass is 286 g/mol. The van der Waals surface area contributed by atoms with Crippen LogP contribution >= 0.6 is 11.3 Å². The standard InChI is InChI=1S/C11H14N2O3S2/c14-18(15)8-2-10(9-1-7-17-11(9)18)12-13-3-5-16-6-4-13/h1,7H,2-6,8H2/b12-10+. The topological polar surface area (TPSA) is 59.0 Å². The molecule has 5 nitrogen and oxygen atoms in total. The molecular formula is C11H14N2O3S2. The van der Waals surface area contributed by atoms with Crippen LogP contribution in [0.15, 0.2) is 20.8 Å². The Hall–Kier alpha value is -0.920. The Morgan fingerprint density at radius 2 is 2.11 bits per heavy atom. The number of morpholine rings is 1. The van der Waals surface area contributed by atoms with Crippen molar-refractivity contribution in [3.05, 3.63) is 17.0 Å². The maximum absolute atomic E-state index is 11.9. The molecule has 0 N–H and O–H groups in total. The third-order valence-corrected chi connectivity index (χ3v) is 6.36. The summed E-state index contributed by atoms with van der Waals surface area (Å²) in [7, 11) is -3.08. The second-order valence-electron chi connectivity index (χ2n) is 4.30. The fraction of sp³-hybridized carbons (Fsp3) is 0.545. The zero-order valence-corrected chi connectivity index (χ0v) is 11.5. The number of ether oxygens (including phenoxy) is 1. The van der Waals surface area contributed by atoms with Crippen LogP contribution in [0, 0.1) is 0 Å². The molecule has 1 saturated heterocycles. The first-order valence-corrected chi connectivity index (χ1v) is 8.41. The molecule has 7 heteroatoms. The first-order chi connectivity index (χ1) is 8.67. The number of hydrogen-bond donors (Lipinski definition) is 0. The van der Waals surface area contributed by atoms with Gasteiger partial charge in [0, 0.05) is 12.0 Å². The quantitative estimate of drug-likeness (QED) is 0.771. The number of fused-ring (bicyclic) bond motifs is 1. The van der Waals surface area contributed by atoms with Gasteiger partial charge < -0.3 is 4.74 Å². The second kappa shape index (κ2) is 4.64. The van der Waals surface area contributed by atoms with Gasteiger partial charge in [0.05, 0.1) is 37.8 Å². The van der Waals surface area contributed by atoms with Crippen LogP contribution in [0.2, 0.25) is 0 Å². The van der Waals surface area contributed by atoms with Gasteiger partial charge in [0.15, 0.2) is 9.84 Å². The van der Waals surface area contributed by atoms with Crippen LogP contribution < -0.4 is 0 Å². The summed E-state index contributed by atoms with van der Waals surface area (Å²) in [6, 6.07) is 1.86. The second-order valence-corrected chi connectivity index (χ2v) is 7.52. The van der Waals surface area contributed by atoms with Gasteiger partial charge >= 0.3 is 0 Å². The van der Waals surface area contributed by atoms with Gasteiger partial charge in [-0.1, -0.05) is 0 Å². The van der Waals surface area contributed by atoms with E-state index in [-0.39, 0.29) is 5.75 Å². The average molecular weight is 286 g/mol. The molecule has 0 radical (unpaired) electrons. The number of hydrazone groups is 1. The van der Waals surface area contributed by atoms with Gasteiger partial charge in [-0.25, -0.2) is 8.42 Å². The smallest absolute Gasteiger partial charge is 0.188 e. The number of nitrogens with zero attached hydrogens (tertiary/aromatic N) is 2. The largest absolute Gasteiger partial charge is 0.378 e. The Morgan fingerprint density at radius 1 is 1.33 bits per heavy atom. The van der Waals surface area contributed by atoms with Gasteiger partial charge in [-0.2, -0.15) is 5.10 Å². The van der Waals surface area contributed by atoms with E-state index in [1.54, 1.807) is 0 Å². The Labute approximate surface area is 110 Å². The van der Waals surface area contributed by atoms with Crippen molar-refractivity contribution in [2.75, 3.05) is 32.1 Å². The first kappa shape index (κ1) is 12.1. The lowest BCUT2D eigenvalue weighted by molar-refractivity contribution is 0.0393.